The topological polar surface area (TPSA) is 94.7 Å². The van der Waals surface area contributed by atoms with Gasteiger partial charge in [-0.3, -0.25) is 4.79 Å². The van der Waals surface area contributed by atoms with Gasteiger partial charge in [0, 0.05) is 32.4 Å². The second-order valence-corrected chi connectivity index (χ2v) is 8.83. The third-order valence-electron chi connectivity index (χ3n) is 5.20. The monoisotopic (exact) mass is 384 g/mol. The zero-order chi connectivity index (χ0) is 18.6. The van der Waals surface area contributed by atoms with E-state index in [1.165, 1.54) is 16.6 Å². The zero-order valence-electron chi connectivity index (χ0n) is 15.2. The number of H-pyrrole nitrogens is 1. The molecule has 0 radical (unpaired) electrons. The molecule has 2 saturated heterocycles. The summed E-state index contributed by atoms with van der Waals surface area (Å²) in [6, 6.07) is 1.46. The summed E-state index contributed by atoms with van der Waals surface area (Å²) in [5.74, 6) is 0.521. The van der Waals surface area contributed by atoms with Crippen LogP contribution < -0.4 is 5.32 Å². The van der Waals surface area contributed by atoms with Gasteiger partial charge in [-0.2, -0.15) is 4.31 Å². The molecule has 1 aromatic heterocycles. The summed E-state index contributed by atoms with van der Waals surface area (Å²) < 4.78 is 31.9. The first-order valence-electron chi connectivity index (χ1n) is 9.22. The van der Waals surface area contributed by atoms with Gasteiger partial charge in [-0.15, -0.1) is 0 Å². The van der Waals surface area contributed by atoms with E-state index in [0.717, 1.165) is 38.9 Å². The number of likely N-dealkylation sites (tertiary alicyclic amines) is 1. The van der Waals surface area contributed by atoms with Crippen LogP contribution in [0, 0.1) is 5.92 Å². The largest absolute Gasteiger partial charge is 0.379 e. The molecule has 0 spiro atoms. The minimum Gasteiger partial charge on any atom is -0.379 e. The van der Waals surface area contributed by atoms with Gasteiger partial charge in [0.2, 0.25) is 10.0 Å². The van der Waals surface area contributed by atoms with Gasteiger partial charge in [0.05, 0.1) is 13.2 Å². The molecule has 9 heteroatoms. The number of nitrogens with one attached hydrogen (secondary N) is 2. The van der Waals surface area contributed by atoms with E-state index in [9.17, 15) is 13.2 Å². The Morgan fingerprint density at radius 2 is 1.96 bits per heavy atom. The van der Waals surface area contributed by atoms with Crippen molar-refractivity contribution in [1.82, 2.24) is 19.5 Å². The molecule has 0 unspecified atom stereocenters. The number of piperidine rings is 1. The van der Waals surface area contributed by atoms with Crippen LogP contribution in [0.3, 0.4) is 0 Å². The highest BCUT2D eigenvalue weighted by Gasteiger charge is 2.29. The van der Waals surface area contributed by atoms with Crippen LogP contribution in [0.5, 0.6) is 0 Å². The number of amides is 1. The van der Waals surface area contributed by atoms with Gasteiger partial charge in [0.1, 0.15) is 10.6 Å². The Hall–Kier alpha value is -1.42. The second-order valence-electron chi connectivity index (χ2n) is 6.89. The van der Waals surface area contributed by atoms with E-state index in [1.807, 2.05) is 11.9 Å². The normalized spacial score (nSPS) is 20.4. The molecule has 2 N–H and O–H groups in total. The summed E-state index contributed by atoms with van der Waals surface area (Å²) in [5.41, 5.74) is 0.338. The maximum atomic E-state index is 12.7. The fourth-order valence-electron chi connectivity index (χ4n) is 3.53. The predicted octanol–water partition coefficient (Wildman–Crippen LogP) is 0.497. The quantitative estimate of drug-likeness (QED) is 0.745. The third-order valence-corrected chi connectivity index (χ3v) is 7.08. The lowest BCUT2D eigenvalue weighted by Crippen LogP contribution is -2.40. The fourth-order valence-corrected chi connectivity index (χ4v) is 4.93. The van der Waals surface area contributed by atoms with E-state index in [0.29, 0.717) is 37.9 Å². The molecule has 146 valence electrons. The summed E-state index contributed by atoms with van der Waals surface area (Å²) in [7, 11) is -1.63. The van der Waals surface area contributed by atoms with E-state index in [4.69, 9.17) is 4.74 Å². The Balaban J connectivity index is 1.61. The number of aromatic amines is 1. The van der Waals surface area contributed by atoms with E-state index >= 15 is 0 Å². The molecule has 1 aromatic rings. The molecule has 0 aromatic carbocycles. The molecule has 1 amide bonds. The SMILES string of the molecule is CNCCC1CCN(C(=O)c2cc(S(=O)(=O)N3CCOCC3)c[nH]2)CC1. The number of hydrogen-bond acceptors (Lipinski definition) is 5. The van der Waals surface area contributed by atoms with Gasteiger partial charge >= 0.3 is 0 Å². The molecule has 2 aliphatic heterocycles. The average Bonchev–Trinajstić information content (AvgIpc) is 3.18. The van der Waals surface area contributed by atoms with Crippen LogP contribution in [0.1, 0.15) is 29.8 Å². The van der Waals surface area contributed by atoms with E-state index in [2.05, 4.69) is 10.3 Å². The molecule has 0 bridgehead atoms. The summed E-state index contributed by atoms with van der Waals surface area (Å²) in [5, 5.41) is 3.16. The van der Waals surface area contributed by atoms with E-state index < -0.39 is 10.0 Å². The Bertz CT molecular complexity index is 704. The first-order chi connectivity index (χ1) is 12.5. The number of morpholine rings is 1. The van der Waals surface area contributed by atoms with Crippen molar-refractivity contribution in [3.8, 4) is 0 Å². The minimum absolute atomic E-state index is 0.125. The second kappa shape index (κ2) is 8.51. The van der Waals surface area contributed by atoms with Crippen LogP contribution in [-0.4, -0.2) is 81.5 Å². The number of aromatic nitrogens is 1. The van der Waals surface area contributed by atoms with Crippen LogP contribution in [-0.2, 0) is 14.8 Å². The summed E-state index contributed by atoms with van der Waals surface area (Å²) in [4.78, 5) is 17.5. The molecule has 26 heavy (non-hydrogen) atoms. The van der Waals surface area contributed by atoms with E-state index in [1.54, 1.807) is 0 Å². The van der Waals surface area contributed by atoms with Crippen LogP contribution in [0.2, 0.25) is 0 Å². The minimum atomic E-state index is -3.58. The van der Waals surface area contributed by atoms with Gasteiger partial charge in [0.15, 0.2) is 0 Å². The summed E-state index contributed by atoms with van der Waals surface area (Å²) in [6.07, 6.45) is 4.53. The number of rotatable bonds is 6. The van der Waals surface area contributed by atoms with Crippen molar-refractivity contribution in [2.75, 3.05) is 53.0 Å². The third kappa shape index (κ3) is 4.28. The van der Waals surface area contributed by atoms with Gasteiger partial charge in [-0.05, 0) is 44.8 Å². The first-order valence-corrected chi connectivity index (χ1v) is 10.7. The van der Waals surface area contributed by atoms with Gasteiger partial charge in [-0.1, -0.05) is 0 Å². The molecule has 2 fully saturated rings. The van der Waals surface area contributed by atoms with Crippen LogP contribution >= 0.6 is 0 Å². The lowest BCUT2D eigenvalue weighted by atomic mass is 9.93. The maximum Gasteiger partial charge on any atom is 0.270 e. The van der Waals surface area contributed by atoms with Crippen molar-refractivity contribution >= 4 is 15.9 Å². The van der Waals surface area contributed by atoms with Crippen molar-refractivity contribution in [2.24, 2.45) is 5.92 Å². The fraction of sp³-hybridized carbons (Fsp3) is 0.706. The number of ether oxygens (including phenoxy) is 1. The van der Waals surface area contributed by atoms with Crippen LogP contribution in [0.4, 0.5) is 0 Å². The first kappa shape index (κ1) is 19.3. The summed E-state index contributed by atoms with van der Waals surface area (Å²) in [6.45, 7) is 3.93. The highest BCUT2D eigenvalue weighted by molar-refractivity contribution is 7.89. The van der Waals surface area contributed by atoms with Gasteiger partial charge < -0.3 is 19.9 Å². The lowest BCUT2D eigenvalue weighted by molar-refractivity contribution is 0.0681. The van der Waals surface area contributed by atoms with Crippen molar-refractivity contribution in [1.29, 1.82) is 0 Å². The highest BCUT2D eigenvalue weighted by Crippen LogP contribution is 2.23. The maximum absolute atomic E-state index is 12.7. The molecule has 3 rings (SSSR count). The Kier molecular flexibility index (Phi) is 6.33. The van der Waals surface area contributed by atoms with Gasteiger partial charge in [-0.25, -0.2) is 8.42 Å². The number of carbonyl (C=O) groups excluding carboxylic acids is 1. The number of sulfonamides is 1. The van der Waals surface area contributed by atoms with Crippen molar-refractivity contribution < 1.29 is 17.9 Å². The zero-order valence-corrected chi connectivity index (χ0v) is 16.1. The van der Waals surface area contributed by atoms with Crippen LogP contribution in [0.25, 0.3) is 0 Å². The Labute approximate surface area is 154 Å². The lowest BCUT2D eigenvalue weighted by Gasteiger charge is -2.31. The van der Waals surface area contributed by atoms with Gasteiger partial charge in [0.25, 0.3) is 5.91 Å². The highest BCUT2D eigenvalue weighted by atomic mass is 32.2. The van der Waals surface area contributed by atoms with Crippen molar-refractivity contribution in [3.05, 3.63) is 18.0 Å². The smallest absolute Gasteiger partial charge is 0.270 e. The predicted molar refractivity (Wildman–Crippen MR) is 97.5 cm³/mol. The molecule has 0 aliphatic carbocycles. The molecular formula is C17H28N4O4S. The Morgan fingerprint density at radius 1 is 1.27 bits per heavy atom. The average molecular weight is 385 g/mol. The molecular weight excluding hydrogens is 356 g/mol. The van der Waals surface area contributed by atoms with Crippen molar-refractivity contribution in [3.63, 3.8) is 0 Å². The summed E-state index contributed by atoms with van der Waals surface area (Å²) >= 11 is 0. The van der Waals surface area contributed by atoms with Crippen molar-refractivity contribution in [2.45, 2.75) is 24.2 Å². The molecule has 0 atom stereocenters. The number of nitrogens with zero attached hydrogens (tertiary/aromatic N) is 2. The standard InChI is InChI=1S/C17H28N4O4S/c1-18-5-2-14-3-6-20(7-4-14)17(22)16-12-15(13-19-16)26(23,24)21-8-10-25-11-9-21/h12-14,18-19H,2-11H2,1H3. The van der Waals surface area contributed by atoms with Crippen LogP contribution in [0.15, 0.2) is 17.2 Å². The number of carbonyl (C=O) groups is 1. The number of hydrogen-bond donors (Lipinski definition) is 2. The Morgan fingerprint density at radius 3 is 2.62 bits per heavy atom. The molecule has 3 heterocycles. The molecule has 2 aliphatic rings. The molecule has 8 nitrogen and oxygen atoms in total. The van der Waals surface area contributed by atoms with E-state index in [-0.39, 0.29) is 10.8 Å². The molecule has 0 saturated carbocycles.